The Kier molecular flexibility index (Phi) is 2.93. The van der Waals surface area contributed by atoms with Crippen LogP contribution in [0.15, 0.2) is 4.99 Å². The van der Waals surface area contributed by atoms with E-state index in [-0.39, 0.29) is 5.91 Å². The number of aromatic nitrogens is 1. The van der Waals surface area contributed by atoms with Crippen molar-refractivity contribution in [2.75, 3.05) is 19.0 Å². The maximum absolute atomic E-state index is 10.6. The van der Waals surface area contributed by atoms with Crippen molar-refractivity contribution in [2.24, 2.45) is 4.99 Å². The Hall–Kier alpha value is -0.750. The van der Waals surface area contributed by atoms with Gasteiger partial charge in [0.1, 0.15) is 0 Å². The lowest BCUT2D eigenvalue weighted by Gasteiger charge is -2.03. The summed E-state index contributed by atoms with van der Waals surface area (Å²) in [6.07, 6.45) is 0. The first-order valence-electron chi connectivity index (χ1n) is 3.29. The fourth-order valence-corrected chi connectivity index (χ4v) is 2.55. The molecular weight excluding hydrogens is 194 g/mol. The van der Waals surface area contributed by atoms with Crippen LogP contribution < -0.4 is 9.70 Å². The first-order chi connectivity index (χ1) is 5.59. The second-order valence-electron chi connectivity index (χ2n) is 2.37. The molecule has 0 N–H and O–H groups in total. The molecule has 66 valence electrons. The van der Waals surface area contributed by atoms with E-state index in [1.165, 1.54) is 27.6 Å². The summed E-state index contributed by atoms with van der Waals surface area (Å²) in [6, 6.07) is 0. The summed E-state index contributed by atoms with van der Waals surface area (Å²) < 4.78 is 0. The average molecular weight is 203 g/mol. The molecule has 1 amide bonds. The average Bonchev–Trinajstić information content (AvgIpc) is 2.34. The van der Waals surface area contributed by atoms with E-state index in [0.717, 1.165) is 5.13 Å². The van der Waals surface area contributed by atoms with Gasteiger partial charge in [0, 0.05) is 21.0 Å². The Morgan fingerprint density at radius 2 is 2.17 bits per heavy atom. The molecule has 1 aromatic heterocycles. The van der Waals surface area contributed by atoms with Gasteiger partial charge >= 0.3 is 0 Å². The third kappa shape index (κ3) is 2.38. The van der Waals surface area contributed by atoms with Crippen LogP contribution in [0.1, 0.15) is 6.92 Å². The Labute approximate surface area is 77.6 Å². The first-order valence-corrected chi connectivity index (χ1v) is 5.44. The normalized spacial score (nSPS) is 11.8. The second-order valence-corrected chi connectivity index (χ2v) is 4.43. The van der Waals surface area contributed by atoms with E-state index in [0.29, 0.717) is 4.80 Å². The van der Waals surface area contributed by atoms with Crippen molar-refractivity contribution >= 4 is 31.7 Å². The van der Waals surface area contributed by atoms with Crippen LogP contribution in [0.2, 0.25) is 0 Å². The molecule has 4 nitrogen and oxygen atoms in total. The lowest BCUT2D eigenvalue weighted by atomic mass is 10.8. The summed E-state index contributed by atoms with van der Waals surface area (Å²) in [5.41, 5.74) is 0. The minimum Gasteiger partial charge on any atom is -0.353 e. The largest absolute Gasteiger partial charge is 0.353 e. The Bertz CT molecular complexity index is 339. The van der Waals surface area contributed by atoms with Gasteiger partial charge in [0.25, 0.3) is 0 Å². The lowest BCUT2D eigenvalue weighted by molar-refractivity contribution is -0.116. The van der Waals surface area contributed by atoms with Crippen LogP contribution in [0.5, 0.6) is 0 Å². The Morgan fingerprint density at radius 3 is 2.58 bits per heavy atom. The molecule has 0 bridgehead atoms. The van der Waals surface area contributed by atoms with Gasteiger partial charge in [0.15, 0.2) is 5.13 Å². The maximum Gasteiger partial charge on any atom is 0.245 e. The SMILES string of the molecule is CC(=O)N=c1nc(N(C)C)ss1. The van der Waals surface area contributed by atoms with Gasteiger partial charge in [0.2, 0.25) is 10.7 Å². The van der Waals surface area contributed by atoms with E-state index < -0.39 is 0 Å². The van der Waals surface area contributed by atoms with Crippen LogP contribution in [-0.4, -0.2) is 25.0 Å². The molecule has 0 aliphatic rings. The van der Waals surface area contributed by atoms with Crippen LogP contribution in [0, 0.1) is 0 Å². The van der Waals surface area contributed by atoms with Crippen LogP contribution in [0.25, 0.3) is 0 Å². The molecule has 0 saturated carbocycles. The van der Waals surface area contributed by atoms with Gasteiger partial charge in [-0.1, -0.05) is 0 Å². The number of amides is 1. The zero-order valence-corrected chi connectivity index (χ0v) is 8.70. The third-order valence-corrected chi connectivity index (χ3v) is 3.18. The van der Waals surface area contributed by atoms with Crippen molar-refractivity contribution < 1.29 is 4.79 Å². The predicted molar refractivity (Wildman–Crippen MR) is 50.6 cm³/mol. The standard InChI is InChI=1S/C6H9N3OS2/c1-4(10)7-5-8-6(9(2)3)12-11-5/h1-3H3. The van der Waals surface area contributed by atoms with Gasteiger partial charge in [-0.15, -0.1) is 0 Å². The summed E-state index contributed by atoms with van der Waals surface area (Å²) in [7, 11) is 6.73. The van der Waals surface area contributed by atoms with Gasteiger partial charge in [-0.05, 0) is 20.7 Å². The smallest absolute Gasteiger partial charge is 0.245 e. The molecule has 0 atom stereocenters. The number of hydrogen-bond acceptors (Lipinski definition) is 5. The summed E-state index contributed by atoms with van der Waals surface area (Å²) in [6.45, 7) is 1.42. The Balaban J connectivity index is 2.99. The van der Waals surface area contributed by atoms with Crippen molar-refractivity contribution in [1.29, 1.82) is 0 Å². The first kappa shape index (κ1) is 9.34. The molecule has 0 fully saturated rings. The summed E-state index contributed by atoms with van der Waals surface area (Å²) in [5.74, 6) is -0.207. The van der Waals surface area contributed by atoms with E-state index >= 15 is 0 Å². The van der Waals surface area contributed by atoms with Gasteiger partial charge in [-0.3, -0.25) is 4.79 Å². The molecule has 0 spiro atoms. The third-order valence-electron chi connectivity index (χ3n) is 1.02. The van der Waals surface area contributed by atoms with E-state index in [1.807, 2.05) is 19.0 Å². The molecule has 0 aliphatic carbocycles. The number of nitrogens with zero attached hydrogens (tertiary/aromatic N) is 3. The molecule has 1 rings (SSSR count). The molecule has 0 aromatic carbocycles. The number of anilines is 1. The Morgan fingerprint density at radius 1 is 1.50 bits per heavy atom. The molecule has 1 heterocycles. The van der Waals surface area contributed by atoms with E-state index in [4.69, 9.17) is 0 Å². The summed E-state index contributed by atoms with van der Waals surface area (Å²) >= 11 is 0. The zero-order chi connectivity index (χ0) is 9.14. The fraction of sp³-hybridized carbons (Fsp3) is 0.500. The van der Waals surface area contributed by atoms with Crippen molar-refractivity contribution in [2.45, 2.75) is 6.92 Å². The lowest BCUT2D eigenvalue weighted by Crippen LogP contribution is -2.11. The number of carbonyl (C=O) groups is 1. The maximum atomic E-state index is 10.6. The van der Waals surface area contributed by atoms with Crippen LogP contribution >= 0.6 is 20.7 Å². The van der Waals surface area contributed by atoms with Gasteiger partial charge in [-0.2, -0.15) is 9.98 Å². The molecule has 1 aromatic rings. The molecule has 0 aliphatic heterocycles. The summed E-state index contributed by atoms with van der Waals surface area (Å²) in [4.78, 5) is 20.9. The monoisotopic (exact) mass is 203 g/mol. The fourth-order valence-electron chi connectivity index (χ4n) is 0.546. The quantitative estimate of drug-likeness (QED) is 0.632. The van der Waals surface area contributed by atoms with Gasteiger partial charge in [0.05, 0.1) is 0 Å². The second kappa shape index (κ2) is 3.77. The highest BCUT2D eigenvalue weighted by Gasteiger charge is 1.99. The topological polar surface area (TPSA) is 45.6 Å². The molecule has 0 unspecified atom stereocenters. The predicted octanol–water partition coefficient (Wildman–Crippen LogP) is 0.718. The molecular formula is C6H9N3OS2. The van der Waals surface area contributed by atoms with Crippen LogP contribution in [0.3, 0.4) is 0 Å². The molecule has 12 heavy (non-hydrogen) atoms. The molecule has 0 radical (unpaired) electrons. The zero-order valence-electron chi connectivity index (χ0n) is 7.07. The van der Waals surface area contributed by atoms with Gasteiger partial charge in [-0.25, -0.2) is 0 Å². The van der Waals surface area contributed by atoms with Crippen LogP contribution in [-0.2, 0) is 4.79 Å². The summed E-state index contributed by atoms with van der Waals surface area (Å²) in [5, 5.41) is 0.875. The minimum absolute atomic E-state index is 0.207. The number of rotatable bonds is 1. The van der Waals surface area contributed by atoms with E-state index in [1.54, 1.807) is 0 Å². The van der Waals surface area contributed by atoms with Gasteiger partial charge < -0.3 is 4.90 Å². The van der Waals surface area contributed by atoms with Crippen molar-refractivity contribution in [3.8, 4) is 0 Å². The number of hydrogen-bond donors (Lipinski definition) is 0. The van der Waals surface area contributed by atoms with Crippen molar-refractivity contribution in [3.63, 3.8) is 0 Å². The molecule has 0 saturated heterocycles. The highest BCUT2D eigenvalue weighted by atomic mass is 32.9. The van der Waals surface area contributed by atoms with Crippen molar-refractivity contribution in [1.82, 2.24) is 4.98 Å². The van der Waals surface area contributed by atoms with E-state index in [9.17, 15) is 4.79 Å². The van der Waals surface area contributed by atoms with E-state index in [2.05, 4.69) is 9.98 Å². The highest BCUT2D eigenvalue weighted by molar-refractivity contribution is 7.69. The van der Waals surface area contributed by atoms with Crippen LogP contribution in [0.4, 0.5) is 5.13 Å². The highest BCUT2D eigenvalue weighted by Crippen LogP contribution is 2.15. The molecule has 6 heteroatoms. The number of carbonyl (C=O) groups excluding carboxylic acids is 1. The van der Waals surface area contributed by atoms with Crippen molar-refractivity contribution in [3.05, 3.63) is 4.80 Å². The minimum atomic E-state index is -0.207.